The third kappa shape index (κ3) is 5.20. The first-order chi connectivity index (χ1) is 21.8. The van der Waals surface area contributed by atoms with Crippen LogP contribution < -0.4 is 22.9 Å². The molecule has 8 nitrogen and oxygen atoms in total. The van der Waals surface area contributed by atoms with E-state index in [0.717, 1.165) is 50.6 Å². The Morgan fingerprint density at radius 2 is 1.28 bits per heavy atom. The van der Waals surface area contributed by atoms with Gasteiger partial charge in [-0.3, -0.25) is 19.4 Å². The van der Waals surface area contributed by atoms with Gasteiger partial charge < -0.3 is 22.9 Å². The van der Waals surface area contributed by atoms with E-state index >= 15 is 0 Å². The molecule has 8 rings (SSSR count). The minimum Gasteiger partial charge on any atom is -0.398 e. The number of fused-ring (bicyclic) bond motifs is 8. The number of amides is 2. The highest BCUT2D eigenvalue weighted by Crippen LogP contribution is 2.52. The number of benzene rings is 2. The number of hydrogen-bond donors (Lipinski definition) is 4. The second kappa shape index (κ2) is 11.3. The number of carbonyl (C=O) groups is 2. The lowest BCUT2D eigenvalue weighted by Gasteiger charge is -2.55. The lowest BCUT2D eigenvalue weighted by molar-refractivity contribution is 0.0284. The molecule has 0 radical (unpaired) electrons. The summed E-state index contributed by atoms with van der Waals surface area (Å²) in [6, 6.07) is 9.09. The van der Waals surface area contributed by atoms with Crippen LogP contribution in [0.1, 0.15) is 109 Å². The summed E-state index contributed by atoms with van der Waals surface area (Å²) in [6.07, 6.45) is 9.95. The molecule has 2 aliphatic heterocycles. The summed E-state index contributed by atoms with van der Waals surface area (Å²) in [5.41, 5.74) is 30.9. The fraction of sp³-hybridized carbons (Fsp3) is 0.632. The van der Waals surface area contributed by atoms with Crippen LogP contribution in [-0.4, -0.2) is 59.9 Å². The number of nitrogen functional groups attached to an aromatic ring is 2. The number of carbonyl (C=O) groups excluding carboxylic acids is 2. The lowest BCUT2D eigenvalue weighted by atomic mass is 9.58. The van der Waals surface area contributed by atoms with Crippen LogP contribution in [0.15, 0.2) is 24.3 Å². The number of nitrogens with two attached hydrogens (primary N) is 4. The van der Waals surface area contributed by atoms with Crippen molar-refractivity contribution in [1.29, 1.82) is 0 Å². The predicted octanol–water partition coefficient (Wildman–Crippen LogP) is 4.60. The van der Waals surface area contributed by atoms with E-state index < -0.39 is 11.8 Å². The molecule has 6 atom stereocenters. The van der Waals surface area contributed by atoms with Gasteiger partial charge in [-0.1, -0.05) is 33.8 Å². The van der Waals surface area contributed by atoms with E-state index in [-0.39, 0.29) is 10.8 Å². The maximum atomic E-state index is 11.7. The number of anilines is 2. The van der Waals surface area contributed by atoms with E-state index in [2.05, 4.69) is 43.6 Å². The molecule has 4 fully saturated rings. The number of rotatable bonds is 6. The summed E-state index contributed by atoms with van der Waals surface area (Å²) in [5, 5.41) is 0. The average molecular weight is 627 g/mol. The Kier molecular flexibility index (Phi) is 7.71. The van der Waals surface area contributed by atoms with Gasteiger partial charge in [-0.05, 0) is 134 Å². The molecule has 2 amide bonds. The maximum Gasteiger partial charge on any atom is 0.250 e. The molecule has 46 heavy (non-hydrogen) atoms. The molecule has 248 valence electrons. The van der Waals surface area contributed by atoms with Crippen LogP contribution in [0.4, 0.5) is 11.4 Å². The van der Waals surface area contributed by atoms with Gasteiger partial charge in [-0.15, -0.1) is 0 Å². The molecule has 8 N–H and O–H groups in total. The molecule has 2 aromatic rings. The molecule has 2 saturated heterocycles. The molecule has 0 spiro atoms. The van der Waals surface area contributed by atoms with E-state index in [1.807, 2.05) is 18.2 Å². The second-order valence-corrected chi connectivity index (χ2v) is 16.2. The molecule has 6 aliphatic rings. The minimum atomic E-state index is -0.421. The summed E-state index contributed by atoms with van der Waals surface area (Å²) in [4.78, 5) is 28.8. The first-order valence-electron chi connectivity index (χ1n) is 17.7. The first-order valence-corrected chi connectivity index (χ1v) is 17.7. The zero-order valence-electron chi connectivity index (χ0n) is 28.3. The van der Waals surface area contributed by atoms with Crippen LogP contribution in [0, 0.1) is 23.7 Å². The van der Waals surface area contributed by atoms with Crippen LogP contribution in [0.2, 0.25) is 0 Å². The zero-order valence-corrected chi connectivity index (χ0v) is 28.3. The average Bonchev–Trinajstić information content (AvgIpc) is 3.93. The Morgan fingerprint density at radius 3 is 1.83 bits per heavy atom. The van der Waals surface area contributed by atoms with Gasteiger partial charge in [0.05, 0.1) is 11.1 Å². The summed E-state index contributed by atoms with van der Waals surface area (Å²) < 4.78 is 0. The molecule has 0 aromatic heterocycles. The van der Waals surface area contributed by atoms with Crippen molar-refractivity contribution in [2.45, 2.75) is 102 Å². The number of hydrogen-bond acceptors (Lipinski definition) is 6. The van der Waals surface area contributed by atoms with Gasteiger partial charge in [0.2, 0.25) is 0 Å². The zero-order chi connectivity index (χ0) is 32.7. The molecule has 2 heterocycles. The van der Waals surface area contributed by atoms with Crippen LogP contribution in [-0.2, 0) is 23.7 Å². The van der Waals surface area contributed by atoms with Gasteiger partial charge in [0.15, 0.2) is 0 Å². The standard InChI is InChI=1S/2C19H27N3O/c1-11-17-8-13-7-16(20)14(18(21)23)9-15(13)19(11,2)5-6-22(17)10-12-3-4-12;1-11-15-9-13-5-6-14(18(21)23)17(20)16(13)19(11,2)7-8-22(15)10-12-3-4-12/h7,9,11-12,17H,3-6,8,10,20H2,1-2H3,(H2,21,23);5-6,11-12,15H,3-4,7-10,20H2,1-2H3,(H2,21,23)/t11-,17?,19-;11-,15?,19-/m00/s1. The molecular weight excluding hydrogens is 572 g/mol. The van der Waals surface area contributed by atoms with Gasteiger partial charge in [0.1, 0.15) is 0 Å². The molecule has 4 aliphatic carbocycles. The van der Waals surface area contributed by atoms with Gasteiger partial charge in [0, 0.05) is 42.0 Å². The van der Waals surface area contributed by atoms with Crippen molar-refractivity contribution in [3.63, 3.8) is 0 Å². The highest BCUT2D eigenvalue weighted by Gasteiger charge is 2.51. The van der Waals surface area contributed by atoms with E-state index in [9.17, 15) is 9.59 Å². The summed E-state index contributed by atoms with van der Waals surface area (Å²) >= 11 is 0. The minimum absolute atomic E-state index is 0.0494. The Labute approximate surface area is 274 Å². The first kappa shape index (κ1) is 31.5. The van der Waals surface area contributed by atoms with Gasteiger partial charge in [-0.2, -0.15) is 0 Å². The topological polar surface area (TPSA) is 145 Å². The SMILES string of the molecule is C[C@H]1C2Cc3cc(N)c(C(N)=O)cc3[C@@]1(C)CCN2CC1CC1.C[C@H]1C2Cc3ccc(C(N)=O)c(N)c3[C@@]1(C)CCN2CC1CC1. The van der Waals surface area contributed by atoms with E-state index in [4.69, 9.17) is 22.9 Å². The third-order valence-corrected chi connectivity index (χ3v) is 13.5. The van der Waals surface area contributed by atoms with E-state index in [1.165, 1.54) is 61.0 Å². The predicted molar refractivity (Wildman–Crippen MR) is 185 cm³/mol. The van der Waals surface area contributed by atoms with E-state index in [0.29, 0.717) is 46.4 Å². The molecular formula is C38H54N6O2. The van der Waals surface area contributed by atoms with E-state index in [1.54, 1.807) is 0 Å². The van der Waals surface area contributed by atoms with Crippen LogP contribution >= 0.6 is 0 Å². The fourth-order valence-electron chi connectivity index (χ4n) is 9.83. The highest BCUT2D eigenvalue weighted by molar-refractivity contribution is 5.99. The monoisotopic (exact) mass is 626 g/mol. The van der Waals surface area contributed by atoms with Crippen LogP contribution in [0.3, 0.4) is 0 Å². The summed E-state index contributed by atoms with van der Waals surface area (Å²) in [5.74, 6) is 2.15. The van der Waals surface area contributed by atoms with Gasteiger partial charge in [0.25, 0.3) is 11.8 Å². The fourth-order valence-corrected chi connectivity index (χ4v) is 9.83. The molecule has 8 heteroatoms. The quantitative estimate of drug-likeness (QED) is 0.345. The van der Waals surface area contributed by atoms with Crippen molar-refractivity contribution in [3.05, 3.63) is 57.6 Å². The van der Waals surface area contributed by atoms with Gasteiger partial charge in [-0.25, -0.2) is 0 Å². The van der Waals surface area contributed by atoms with Crippen molar-refractivity contribution in [2.75, 3.05) is 37.6 Å². The van der Waals surface area contributed by atoms with Gasteiger partial charge >= 0.3 is 0 Å². The number of primary amides is 2. The maximum absolute atomic E-state index is 11.7. The third-order valence-electron chi connectivity index (χ3n) is 13.5. The van der Waals surface area contributed by atoms with Crippen molar-refractivity contribution < 1.29 is 9.59 Å². The van der Waals surface area contributed by atoms with Crippen molar-refractivity contribution >= 4 is 23.2 Å². The molecule has 2 saturated carbocycles. The number of piperidine rings is 2. The highest BCUT2D eigenvalue weighted by atomic mass is 16.1. The van der Waals surface area contributed by atoms with Crippen molar-refractivity contribution in [2.24, 2.45) is 35.1 Å². The van der Waals surface area contributed by atoms with Crippen LogP contribution in [0.25, 0.3) is 0 Å². The van der Waals surface area contributed by atoms with Crippen molar-refractivity contribution in [3.8, 4) is 0 Å². The number of nitrogens with zero attached hydrogens (tertiary/aromatic N) is 2. The Hall–Kier alpha value is -3.10. The Morgan fingerprint density at radius 1 is 0.761 bits per heavy atom. The van der Waals surface area contributed by atoms with Crippen LogP contribution in [0.5, 0.6) is 0 Å². The molecule has 4 bridgehead atoms. The summed E-state index contributed by atoms with van der Waals surface area (Å²) in [7, 11) is 0. The number of likely N-dealkylation sites (tertiary alicyclic amines) is 2. The molecule has 2 unspecified atom stereocenters. The second-order valence-electron chi connectivity index (χ2n) is 16.2. The Balaban J connectivity index is 0.000000147. The van der Waals surface area contributed by atoms with Crippen molar-refractivity contribution in [1.82, 2.24) is 9.80 Å². The molecule has 2 aromatic carbocycles. The smallest absolute Gasteiger partial charge is 0.250 e. The Bertz CT molecular complexity index is 1530. The summed E-state index contributed by atoms with van der Waals surface area (Å²) in [6.45, 7) is 14.3. The lowest BCUT2D eigenvalue weighted by Crippen LogP contribution is -2.58. The largest absolute Gasteiger partial charge is 0.398 e. The normalized spacial score (nSPS) is 33.3.